The van der Waals surface area contributed by atoms with Gasteiger partial charge in [-0.2, -0.15) is 0 Å². The molecule has 0 bridgehead atoms. The minimum Gasteiger partial charge on any atom is -0.352 e. The van der Waals surface area contributed by atoms with Gasteiger partial charge < -0.3 is 10.2 Å². The first-order valence-electron chi connectivity index (χ1n) is 11.0. The third-order valence-electron chi connectivity index (χ3n) is 5.92. The van der Waals surface area contributed by atoms with Crippen LogP contribution in [0.3, 0.4) is 0 Å². The Labute approximate surface area is 181 Å². The van der Waals surface area contributed by atoms with Gasteiger partial charge in [-0.15, -0.1) is 0 Å². The van der Waals surface area contributed by atoms with Crippen LogP contribution in [0.4, 0.5) is 0 Å². The molecule has 0 radical (unpaired) electrons. The number of aryl methyl sites for hydroxylation is 3. The van der Waals surface area contributed by atoms with Crippen molar-refractivity contribution in [2.75, 3.05) is 0 Å². The summed E-state index contributed by atoms with van der Waals surface area (Å²) in [5, 5.41) is 3.06. The van der Waals surface area contributed by atoms with Crippen molar-refractivity contribution < 1.29 is 9.59 Å². The Balaban J connectivity index is 2.33. The fourth-order valence-corrected chi connectivity index (χ4v) is 3.52. The predicted molar refractivity (Wildman–Crippen MR) is 123 cm³/mol. The second kappa shape index (κ2) is 11.0. The molecule has 0 heterocycles. The molecule has 1 N–H and O–H groups in total. The summed E-state index contributed by atoms with van der Waals surface area (Å²) in [5.74, 6) is -0.0958. The highest BCUT2D eigenvalue weighted by Gasteiger charge is 2.29. The second-order valence-corrected chi connectivity index (χ2v) is 8.29. The predicted octanol–water partition coefficient (Wildman–Crippen LogP) is 4.88. The van der Waals surface area contributed by atoms with Crippen LogP contribution in [0.5, 0.6) is 0 Å². The summed E-state index contributed by atoms with van der Waals surface area (Å²) in [7, 11) is 0. The standard InChI is InChI=1S/C26H36N2O2/c1-7-21(6)27-26(30)24(8-2)28(17-23-12-10-9-11-19(23)4)25(29)16-22-14-13-18(3)20(5)15-22/h9-15,21,24H,7-8,16-17H2,1-6H3,(H,27,30)/t21-,24+/m1/s1. The van der Waals surface area contributed by atoms with E-state index in [-0.39, 0.29) is 17.9 Å². The number of nitrogens with zero attached hydrogens (tertiary/aromatic N) is 1. The SMILES string of the molecule is CC[C@@H](C)NC(=O)[C@H](CC)N(Cc1ccccc1C)C(=O)Cc1ccc(C)c(C)c1. The van der Waals surface area contributed by atoms with Crippen molar-refractivity contribution in [3.8, 4) is 0 Å². The van der Waals surface area contributed by atoms with Gasteiger partial charge in [-0.3, -0.25) is 9.59 Å². The fraction of sp³-hybridized carbons (Fsp3) is 0.462. The third-order valence-corrected chi connectivity index (χ3v) is 5.92. The van der Waals surface area contributed by atoms with Crippen molar-refractivity contribution in [2.24, 2.45) is 0 Å². The van der Waals surface area contributed by atoms with E-state index in [0.29, 0.717) is 19.4 Å². The van der Waals surface area contributed by atoms with Gasteiger partial charge in [0, 0.05) is 12.6 Å². The Morgan fingerprint density at radius 3 is 2.23 bits per heavy atom. The smallest absolute Gasteiger partial charge is 0.243 e. The van der Waals surface area contributed by atoms with E-state index in [2.05, 4.69) is 31.3 Å². The normalized spacial score (nSPS) is 12.9. The molecule has 0 fully saturated rings. The molecule has 4 nitrogen and oxygen atoms in total. The summed E-state index contributed by atoms with van der Waals surface area (Å²) in [5.41, 5.74) is 5.56. The summed E-state index contributed by atoms with van der Waals surface area (Å²) in [6.07, 6.45) is 1.73. The van der Waals surface area contributed by atoms with Gasteiger partial charge in [0.05, 0.1) is 6.42 Å². The van der Waals surface area contributed by atoms with Gasteiger partial charge in [-0.05, 0) is 68.4 Å². The highest BCUT2D eigenvalue weighted by molar-refractivity contribution is 5.88. The van der Waals surface area contributed by atoms with Crippen LogP contribution < -0.4 is 5.32 Å². The van der Waals surface area contributed by atoms with Crippen LogP contribution in [0.2, 0.25) is 0 Å². The van der Waals surface area contributed by atoms with Crippen molar-refractivity contribution >= 4 is 11.8 Å². The van der Waals surface area contributed by atoms with E-state index in [0.717, 1.165) is 23.1 Å². The summed E-state index contributed by atoms with van der Waals surface area (Å²) in [4.78, 5) is 28.2. The molecule has 0 aliphatic carbocycles. The average Bonchev–Trinajstić information content (AvgIpc) is 2.71. The second-order valence-electron chi connectivity index (χ2n) is 8.29. The zero-order valence-electron chi connectivity index (χ0n) is 19.3. The van der Waals surface area contributed by atoms with Gasteiger partial charge in [-0.25, -0.2) is 0 Å². The van der Waals surface area contributed by atoms with Gasteiger partial charge in [0.2, 0.25) is 11.8 Å². The Morgan fingerprint density at radius 1 is 0.933 bits per heavy atom. The number of amides is 2. The van der Waals surface area contributed by atoms with E-state index in [1.165, 1.54) is 11.1 Å². The summed E-state index contributed by atoms with van der Waals surface area (Å²) in [6, 6.07) is 13.8. The van der Waals surface area contributed by atoms with Gasteiger partial charge in [-0.1, -0.05) is 56.3 Å². The lowest BCUT2D eigenvalue weighted by Crippen LogP contribution is -2.51. The molecule has 162 valence electrons. The zero-order valence-corrected chi connectivity index (χ0v) is 19.3. The molecule has 0 saturated carbocycles. The first-order valence-corrected chi connectivity index (χ1v) is 11.0. The Kier molecular flexibility index (Phi) is 8.64. The quantitative estimate of drug-likeness (QED) is 0.643. The molecule has 4 heteroatoms. The molecule has 2 aromatic carbocycles. The zero-order chi connectivity index (χ0) is 22.3. The van der Waals surface area contributed by atoms with Crippen LogP contribution in [0.15, 0.2) is 42.5 Å². The van der Waals surface area contributed by atoms with Gasteiger partial charge in [0.25, 0.3) is 0 Å². The molecule has 0 aromatic heterocycles. The maximum atomic E-state index is 13.4. The van der Waals surface area contributed by atoms with Crippen molar-refractivity contribution in [3.63, 3.8) is 0 Å². The summed E-state index contributed by atoms with van der Waals surface area (Å²) < 4.78 is 0. The van der Waals surface area contributed by atoms with Gasteiger partial charge in [0.15, 0.2) is 0 Å². The summed E-state index contributed by atoms with van der Waals surface area (Å²) >= 11 is 0. The number of hydrogen-bond donors (Lipinski definition) is 1. The van der Waals surface area contributed by atoms with Crippen LogP contribution in [0, 0.1) is 20.8 Å². The van der Waals surface area contributed by atoms with E-state index < -0.39 is 6.04 Å². The third kappa shape index (κ3) is 6.19. The van der Waals surface area contributed by atoms with E-state index >= 15 is 0 Å². The van der Waals surface area contributed by atoms with E-state index in [1.54, 1.807) is 4.90 Å². The average molecular weight is 409 g/mol. The molecular weight excluding hydrogens is 372 g/mol. The molecule has 2 atom stereocenters. The van der Waals surface area contributed by atoms with Crippen molar-refractivity contribution in [2.45, 2.75) is 79.4 Å². The molecule has 0 unspecified atom stereocenters. The van der Waals surface area contributed by atoms with Crippen molar-refractivity contribution in [1.82, 2.24) is 10.2 Å². The number of nitrogens with one attached hydrogen (secondary N) is 1. The molecule has 2 aromatic rings. The molecule has 0 spiro atoms. The number of carbonyl (C=O) groups is 2. The topological polar surface area (TPSA) is 49.4 Å². The van der Waals surface area contributed by atoms with E-state index in [4.69, 9.17) is 0 Å². The monoisotopic (exact) mass is 408 g/mol. The fourth-order valence-electron chi connectivity index (χ4n) is 3.52. The largest absolute Gasteiger partial charge is 0.352 e. The van der Waals surface area contributed by atoms with E-state index in [9.17, 15) is 9.59 Å². The molecule has 2 amide bonds. The van der Waals surface area contributed by atoms with Crippen LogP contribution in [-0.4, -0.2) is 28.8 Å². The molecule has 2 rings (SSSR count). The molecule has 30 heavy (non-hydrogen) atoms. The number of carbonyl (C=O) groups excluding carboxylic acids is 2. The Morgan fingerprint density at radius 2 is 1.63 bits per heavy atom. The highest BCUT2D eigenvalue weighted by atomic mass is 16.2. The van der Waals surface area contributed by atoms with Crippen molar-refractivity contribution in [1.29, 1.82) is 0 Å². The lowest BCUT2D eigenvalue weighted by atomic mass is 10.0. The summed E-state index contributed by atoms with van der Waals surface area (Å²) in [6.45, 7) is 12.6. The molecule has 0 aliphatic heterocycles. The Hall–Kier alpha value is -2.62. The van der Waals surface area contributed by atoms with Crippen LogP contribution in [0.25, 0.3) is 0 Å². The minimum atomic E-state index is -0.488. The Bertz CT molecular complexity index is 875. The van der Waals surface area contributed by atoms with Crippen molar-refractivity contribution in [3.05, 3.63) is 70.3 Å². The maximum absolute atomic E-state index is 13.4. The number of rotatable bonds is 9. The minimum absolute atomic E-state index is 0.0207. The van der Waals surface area contributed by atoms with Gasteiger partial charge >= 0.3 is 0 Å². The lowest BCUT2D eigenvalue weighted by Gasteiger charge is -2.32. The van der Waals surface area contributed by atoms with Crippen LogP contribution in [-0.2, 0) is 22.6 Å². The van der Waals surface area contributed by atoms with E-state index in [1.807, 2.05) is 58.0 Å². The van der Waals surface area contributed by atoms with Crippen LogP contribution >= 0.6 is 0 Å². The van der Waals surface area contributed by atoms with Crippen LogP contribution in [0.1, 0.15) is 61.4 Å². The maximum Gasteiger partial charge on any atom is 0.243 e. The van der Waals surface area contributed by atoms with Gasteiger partial charge in [0.1, 0.15) is 6.04 Å². The molecule has 0 saturated heterocycles. The molecular formula is C26H36N2O2. The number of benzene rings is 2. The highest BCUT2D eigenvalue weighted by Crippen LogP contribution is 2.18. The molecule has 0 aliphatic rings. The lowest BCUT2D eigenvalue weighted by molar-refractivity contribution is -0.141. The first kappa shape index (κ1) is 23.7. The first-order chi connectivity index (χ1) is 14.3. The number of hydrogen-bond acceptors (Lipinski definition) is 2.